The molecule has 1 atom stereocenters. The normalized spacial score (nSPS) is 18.8. The Morgan fingerprint density at radius 1 is 1.07 bits per heavy atom. The van der Waals surface area contributed by atoms with Crippen molar-refractivity contribution in [3.8, 4) is 22.9 Å². The molecule has 0 N–H and O–H groups in total. The van der Waals surface area contributed by atoms with Crippen molar-refractivity contribution in [2.24, 2.45) is 0 Å². The standard InChI is InChI=1S/C22H25N5O/c1-14-10-23-22(24-11-14)28-21-18(16-12-25-27(13-16)17-5-6-17)8-9-20-19(21)7-4-15(2)26(20)3/h8-13,15,17H,4-7H2,1-3H3. The van der Waals surface area contributed by atoms with Crippen LogP contribution in [0.3, 0.4) is 0 Å². The summed E-state index contributed by atoms with van der Waals surface area (Å²) in [6.07, 6.45) is 12.2. The molecule has 1 aliphatic carbocycles. The van der Waals surface area contributed by atoms with Crippen LogP contribution in [0.15, 0.2) is 36.9 Å². The summed E-state index contributed by atoms with van der Waals surface area (Å²) in [5.41, 5.74) is 5.60. The van der Waals surface area contributed by atoms with Gasteiger partial charge in [-0.05, 0) is 57.2 Å². The van der Waals surface area contributed by atoms with E-state index in [4.69, 9.17) is 4.74 Å². The van der Waals surface area contributed by atoms with E-state index in [2.05, 4.69) is 56.9 Å². The molecule has 1 saturated carbocycles. The van der Waals surface area contributed by atoms with Crippen molar-refractivity contribution in [2.75, 3.05) is 11.9 Å². The molecule has 0 saturated heterocycles. The van der Waals surface area contributed by atoms with Crippen LogP contribution in [0.2, 0.25) is 0 Å². The molecule has 5 rings (SSSR count). The lowest BCUT2D eigenvalue weighted by Gasteiger charge is -2.35. The van der Waals surface area contributed by atoms with Crippen LogP contribution in [-0.2, 0) is 6.42 Å². The maximum absolute atomic E-state index is 6.30. The summed E-state index contributed by atoms with van der Waals surface area (Å²) >= 11 is 0. The number of hydrogen-bond donors (Lipinski definition) is 0. The zero-order valence-corrected chi connectivity index (χ0v) is 16.6. The Bertz CT molecular complexity index is 1010. The fourth-order valence-corrected chi connectivity index (χ4v) is 3.86. The van der Waals surface area contributed by atoms with E-state index in [0.29, 0.717) is 18.1 Å². The number of aromatic nitrogens is 4. The van der Waals surface area contributed by atoms with E-state index in [9.17, 15) is 0 Å². The van der Waals surface area contributed by atoms with Gasteiger partial charge in [0.05, 0.1) is 12.2 Å². The third-order valence-corrected chi connectivity index (χ3v) is 5.87. The first kappa shape index (κ1) is 17.2. The van der Waals surface area contributed by atoms with Gasteiger partial charge < -0.3 is 9.64 Å². The Balaban J connectivity index is 1.61. The lowest BCUT2D eigenvalue weighted by atomic mass is 9.93. The van der Waals surface area contributed by atoms with E-state index in [0.717, 1.165) is 35.3 Å². The van der Waals surface area contributed by atoms with Gasteiger partial charge in [-0.3, -0.25) is 4.68 Å². The van der Waals surface area contributed by atoms with Gasteiger partial charge in [0.2, 0.25) is 0 Å². The van der Waals surface area contributed by atoms with Gasteiger partial charge in [0, 0.05) is 54.1 Å². The molecule has 2 aliphatic rings. The van der Waals surface area contributed by atoms with Crippen molar-refractivity contribution < 1.29 is 4.74 Å². The summed E-state index contributed by atoms with van der Waals surface area (Å²) in [5.74, 6) is 0.857. The number of rotatable bonds is 4. The lowest BCUT2D eigenvalue weighted by molar-refractivity contribution is 0.433. The molecule has 0 bridgehead atoms. The molecule has 3 heterocycles. The molecule has 0 radical (unpaired) electrons. The Labute approximate surface area is 165 Å². The highest BCUT2D eigenvalue weighted by Gasteiger charge is 2.28. The molecule has 144 valence electrons. The zero-order chi connectivity index (χ0) is 19.3. The van der Waals surface area contributed by atoms with Crippen LogP contribution in [0.1, 0.15) is 43.4 Å². The Morgan fingerprint density at radius 3 is 2.61 bits per heavy atom. The average molecular weight is 375 g/mol. The van der Waals surface area contributed by atoms with Crippen LogP contribution < -0.4 is 9.64 Å². The van der Waals surface area contributed by atoms with Crippen LogP contribution >= 0.6 is 0 Å². The summed E-state index contributed by atoms with van der Waals surface area (Å²) in [6.45, 7) is 4.24. The van der Waals surface area contributed by atoms with Gasteiger partial charge in [-0.15, -0.1) is 0 Å². The van der Waals surface area contributed by atoms with Crippen molar-refractivity contribution in [1.29, 1.82) is 0 Å². The molecule has 1 unspecified atom stereocenters. The molecular formula is C22H25N5O. The zero-order valence-electron chi connectivity index (χ0n) is 16.6. The van der Waals surface area contributed by atoms with Crippen molar-refractivity contribution >= 4 is 5.69 Å². The van der Waals surface area contributed by atoms with Crippen molar-refractivity contribution in [3.63, 3.8) is 0 Å². The Hall–Kier alpha value is -2.89. The van der Waals surface area contributed by atoms with E-state index in [1.807, 2.05) is 13.1 Å². The highest BCUT2D eigenvalue weighted by atomic mass is 16.5. The molecule has 0 amide bonds. The molecule has 0 spiro atoms. The predicted octanol–water partition coefficient (Wildman–Crippen LogP) is 4.55. The van der Waals surface area contributed by atoms with Crippen LogP contribution in [0, 0.1) is 6.92 Å². The number of fused-ring (bicyclic) bond motifs is 1. The van der Waals surface area contributed by atoms with Gasteiger partial charge in [0.15, 0.2) is 0 Å². The summed E-state index contributed by atoms with van der Waals surface area (Å²) in [4.78, 5) is 11.1. The van der Waals surface area contributed by atoms with E-state index < -0.39 is 0 Å². The van der Waals surface area contributed by atoms with E-state index >= 15 is 0 Å². The second-order valence-corrected chi connectivity index (χ2v) is 8.02. The fourth-order valence-electron chi connectivity index (χ4n) is 3.86. The molecule has 1 aromatic carbocycles. The van der Waals surface area contributed by atoms with Gasteiger partial charge in [-0.2, -0.15) is 5.10 Å². The Morgan fingerprint density at radius 2 is 1.86 bits per heavy atom. The minimum Gasteiger partial charge on any atom is -0.423 e. The minimum absolute atomic E-state index is 0.385. The predicted molar refractivity (Wildman–Crippen MR) is 109 cm³/mol. The SMILES string of the molecule is Cc1cnc(Oc2c(-c3cnn(C4CC4)c3)ccc3c2CCC(C)N3C)nc1. The van der Waals surface area contributed by atoms with E-state index in [-0.39, 0.29) is 0 Å². The smallest absolute Gasteiger partial charge is 0.321 e. The largest absolute Gasteiger partial charge is 0.423 e. The third-order valence-electron chi connectivity index (χ3n) is 5.87. The van der Waals surface area contributed by atoms with Crippen molar-refractivity contribution in [1.82, 2.24) is 19.7 Å². The highest BCUT2D eigenvalue weighted by Crippen LogP contribution is 2.44. The van der Waals surface area contributed by atoms with Gasteiger partial charge >= 0.3 is 6.01 Å². The van der Waals surface area contributed by atoms with Crippen LogP contribution in [0.4, 0.5) is 5.69 Å². The van der Waals surface area contributed by atoms with Crippen LogP contribution in [-0.4, -0.2) is 32.8 Å². The van der Waals surface area contributed by atoms with Crippen molar-refractivity contribution in [3.05, 3.63) is 48.0 Å². The second-order valence-electron chi connectivity index (χ2n) is 8.02. The quantitative estimate of drug-likeness (QED) is 0.670. The Kier molecular flexibility index (Phi) is 4.07. The number of benzene rings is 1. The maximum atomic E-state index is 6.30. The van der Waals surface area contributed by atoms with Gasteiger partial charge in [-0.1, -0.05) is 0 Å². The number of nitrogens with zero attached hydrogens (tertiary/aromatic N) is 5. The monoisotopic (exact) mass is 375 g/mol. The van der Waals surface area contributed by atoms with Crippen LogP contribution in [0.25, 0.3) is 11.1 Å². The first-order valence-electron chi connectivity index (χ1n) is 10.00. The summed E-state index contributed by atoms with van der Waals surface area (Å²) in [5, 5.41) is 4.57. The van der Waals surface area contributed by atoms with Crippen molar-refractivity contribution in [2.45, 2.75) is 51.6 Å². The first-order chi connectivity index (χ1) is 13.6. The summed E-state index contributed by atoms with van der Waals surface area (Å²) in [6, 6.07) is 5.81. The number of aryl methyl sites for hydroxylation is 1. The molecule has 6 nitrogen and oxygen atoms in total. The summed E-state index contributed by atoms with van der Waals surface area (Å²) in [7, 11) is 2.15. The second kappa shape index (κ2) is 6.62. The molecule has 6 heteroatoms. The number of hydrogen-bond acceptors (Lipinski definition) is 5. The topological polar surface area (TPSA) is 56.1 Å². The lowest BCUT2D eigenvalue weighted by Crippen LogP contribution is -2.33. The first-order valence-corrected chi connectivity index (χ1v) is 10.00. The number of anilines is 1. The fraction of sp³-hybridized carbons (Fsp3) is 0.409. The maximum Gasteiger partial charge on any atom is 0.321 e. The van der Waals surface area contributed by atoms with Gasteiger partial charge in [0.1, 0.15) is 5.75 Å². The third kappa shape index (κ3) is 3.03. The average Bonchev–Trinajstić information content (AvgIpc) is 3.44. The van der Waals surface area contributed by atoms with E-state index in [1.165, 1.54) is 24.1 Å². The molecule has 2 aromatic heterocycles. The van der Waals surface area contributed by atoms with E-state index in [1.54, 1.807) is 12.4 Å². The van der Waals surface area contributed by atoms with Crippen LogP contribution in [0.5, 0.6) is 11.8 Å². The molecule has 3 aromatic rings. The highest BCUT2D eigenvalue weighted by molar-refractivity contribution is 5.77. The van der Waals surface area contributed by atoms with Gasteiger partial charge in [-0.25, -0.2) is 9.97 Å². The van der Waals surface area contributed by atoms with Gasteiger partial charge in [0.25, 0.3) is 0 Å². The molecule has 28 heavy (non-hydrogen) atoms. The molecule has 1 aliphatic heterocycles. The summed E-state index contributed by atoms with van der Waals surface area (Å²) < 4.78 is 8.38. The molecule has 1 fully saturated rings. The minimum atomic E-state index is 0.385. The molecular weight excluding hydrogens is 350 g/mol. The number of ether oxygens (including phenoxy) is 1.